The van der Waals surface area contributed by atoms with Crippen molar-refractivity contribution in [3.05, 3.63) is 24.3 Å². The lowest BCUT2D eigenvalue weighted by atomic mass is 10.1. The van der Waals surface area contributed by atoms with Crippen LogP contribution in [-0.2, 0) is 11.4 Å². The minimum Gasteiger partial charge on any atom is -0.320 e. The van der Waals surface area contributed by atoms with Crippen LogP contribution in [0.4, 0.5) is 0 Å². The lowest BCUT2D eigenvalue weighted by molar-refractivity contribution is 0.398. The van der Waals surface area contributed by atoms with E-state index in [0.29, 0.717) is 5.88 Å². The maximum atomic E-state index is 5.91. The fourth-order valence-corrected chi connectivity index (χ4v) is 1.99. The first-order chi connectivity index (χ1) is 7.04. The van der Waals surface area contributed by atoms with E-state index >= 15 is 0 Å². The van der Waals surface area contributed by atoms with Crippen LogP contribution >= 0.6 is 11.6 Å². The summed E-state index contributed by atoms with van der Waals surface area (Å²) >= 11 is 5.91. The van der Waals surface area contributed by atoms with Gasteiger partial charge in [-0.25, -0.2) is 4.98 Å². The van der Waals surface area contributed by atoms with Crippen molar-refractivity contribution in [2.24, 2.45) is 0 Å². The number of halogens is 1. The molecule has 0 saturated heterocycles. The number of rotatable bonds is 1. The molecule has 2 aromatic rings. The highest BCUT2D eigenvalue weighted by molar-refractivity contribution is 6.16. The van der Waals surface area contributed by atoms with Crippen molar-refractivity contribution >= 4 is 22.6 Å². The molecule has 0 amide bonds. The van der Waals surface area contributed by atoms with E-state index in [4.69, 9.17) is 11.6 Å². The topological polar surface area (TPSA) is 30.7 Å². The van der Waals surface area contributed by atoms with E-state index in [1.807, 2.05) is 12.3 Å². The van der Waals surface area contributed by atoms with Crippen LogP contribution in [0, 0.1) is 0 Å². The summed E-state index contributed by atoms with van der Waals surface area (Å²) in [7, 11) is 0. The van der Waals surface area contributed by atoms with Gasteiger partial charge in [0.05, 0.1) is 23.1 Å². The number of pyridine rings is 1. The monoisotopic (exact) mass is 223 g/mol. The Bertz CT molecular complexity index is 482. The second-order valence-electron chi connectivity index (χ2n) is 4.53. The average molecular weight is 224 g/mol. The molecule has 0 bridgehead atoms. The van der Waals surface area contributed by atoms with Gasteiger partial charge in [0.15, 0.2) is 0 Å². The number of fused-ring (bicyclic) bond motifs is 1. The summed E-state index contributed by atoms with van der Waals surface area (Å²) in [5.41, 5.74) is 1.97. The summed E-state index contributed by atoms with van der Waals surface area (Å²) in [5.74, 6) is 1.32. The van der Waals surface area contributed by atoms with Gasteiger partial charge in [0, 0.05) is 11.7 Å². The molecule has 4 heteroatoms. The number of hydrogen-bond donors (Lipinski definition) is 0. The fraction of sp³-hybridized carbons (Fsp3) is 0.455. The Morgan fingerprint density at radius 2 is 2.13 bits per heavy atom. The zero-order valence-electron chi connectivity index (χ0n) is 9.16. The van der Waals surface area contributed by atoms with Crippen LogP contribution in [0.2, 0.25) is 0 Å². The van der Waals surface area contributed by atoms with Crippen molar-refractivity contribution in [2.75, 3.05) is 0 Å². The Morgan fingerprint density at radius 1 is 1.40 bits per heavy atom. The minimum absolute atomic E-state index is 0.0258. The lowest BCUT2D eigenvalue weighted by Crippen LogP contribution is -2.23. The zero-order valence-corrected chi connectivity index (χ0v) is 9.91. The molecular formula is C11H14ClN3. The van der Waals surface area contributed by atoms with Crippen LogP contribution in [0.25, 0.3) is 11.0 Å². The van der Waals surface area contributed by atoms with Crippen LogP contribution < -0.4 is 0 Å². The van der Waals surface area contributed by atoms with E-state index in [9.17, 15) is 0 Å². The van der Waals surface area contributed by atoms with Gasteiger partial charge < -0.3 is 4.57 Å². The summed E-state index contributed by atoms with van der Waals surface area (Å²) < 4.78 is 2.14. The number of alkyl halides is 1. The minimum atomic E-state index is -0.0258. The molecule has 0 aliphatic rings. The van der Waals surface area contributed by atoms with Gasteiger partial charge in [0.25, 0.3) is 0 Å². The van der Waals surface area contributed by atoms with Gasteiger partial charge in [0.2, 0.25) is 0 Å². The summed E-state index contributed by atoms with van der Waals surface area (Å²) in [4.78, 5) is 8.62. The molecule has 0 N–H and O–H groups in total. The highest BCUT2D eigenvalue weighted by Crippen LogP contribution is 2.25. The van der Waals surface area contributed by atoms with Crippen LogP contribution in [0.5, 0.6) is 0 Å². The van der Waals surface area contributed by atoms with Crippen molar-refractivity contribution in [3.63, 3.8) is 0 Å². The van der Waals surface area contributed by atoms with Gasteiger partial charge in [-0.2, -0.15) is 0 Å². The van der Waals surface area contributed by atoms with Gasteiger partial charge in [0.1, 0.15) is 5.82 Å². The molecule has 0 aromatic carbocycles. The molecule has 2 aromatic heterocycles. The third-order valence-corrected chi connectivity index (χ3v) is 2.56. The predicted molar refractivity (Wildman–Crippen MR) is 62.1 cm³/mol. The third-order valence-electron chi connectivity index (χ3n) is 2.32. The normalized spacial score (nSPS) is 12.3. The first-order valence-electron chi connectivity index (χ1n) is 4.92. The van der Waals surface area contributed by atoms with E-state index in [1.165, 1.54) is 0 Å². The van der Waals surface area contributed by atoms with E-state index in [-0.39, 0.29) is 5.54 Å². The van der Waals surface area contributed by atoms with E-state index in [2.05, 4.69) is 35.3 Å². The SMILES string of the molecule is CC(C)(C)n1c(CCl)nc2ccncc21. The van der Waals surface area contributed by atoms with Gasteiger partial charge >= 0.3 is 0 Å². The summed E-state index contributed by atoms with van der Waals surface area (Å²) in [6.45, 7) is 6.41. The second-order valence-corrected chi connectivity index (χ2v) is 4.80. The molecule has 3 nitrogen and oxygen atoms in total. The standard InChI is InChI=1S/C11H14ClN3/c1-11(2,3)15-9-7-13-5-4-8(9)14-10(15)6-12/h4-5,7H,6H2,1-3H3. The number of nitrogens with zero attached hydrogens (tertiary/aromatic N) is 3. The molecule has 2 heterocycles. The van der Waals surface area contributed by atoms with Crippen molar-refractivity contribution in [2.45, 2.75) is 32.2 Å². The van der Waals surface area contributed by atoms with Crippen LogP contribution in [0.15, 0.2) is 18.5 Å². The Hall–Kier alpha value is -1.09. The number of hydrogen-bond acceptors (Lipinski definition) is 2. The maximum absolute atomic E-state index is 5.91. The number of imidazole rings is 1. The first-order valence-corrected chi connectivity index (χ1v) is 5.45. The molecule has 0 fully saturated rings. The second kappa shape index (κ2) is 3.49. The van der Waals surface area contributed by atoms with Crippen molar-refractivity contribution < 1.29 is 0 Å². The van der Waals surface area contributed by atoms with Gasteiger partial charge in [-0.05, 0) is 26.8 Å². The smallest absolute Gasteiger partial charge is 0.125 e. The molecular weight excluding hydrogens is 210 g/mol. The molecule has 15 heavy (non-hydrogen) atoms. The highest BCUT2D eigenvalue weighted by Gasteiger charge is 2.20. The molecule has 0 aliphatic carbocycles. The summed E-state index contributed by atoms with van der Waals surface area (Å²) in [6.07, 6.45) is 3.59. The number of aromatic nitrogens is 3. The summed E-state index contributed by atoms with van der Waals surface area (Å²) in [6, 6.07) is 1.91. The van der Waals surface area contributed by atoms with Crippen LogP contribution in [0.3, 0.4) is 0 Å². The third kappa shape index (κ3) is 1.72. The van der Waals surface area contributed by atoms with Gasteiger partial charge in [-0.15, -0.1) is 11.6 Å². The summed E-state index contributed by atoms with van der Waals surface area (Å²) in [5, 5.41) is 0. The molecule has 0 atom stereocenters. The van der Waals surface area contributed by atoms with E-state index in [1.54, 1.807) is 6.20 Å². The molecule has 2 rings (SSSR count). The molecule has 0 aliphatic heterocycles. The molecule has 0 unspecified atom stereocenters. The van der Waals surface area contributed by atoms with Crippen LogP contribution in [0.1, 0.15) is 26.6 Å². The van der Waals surface area contributed by atoms with Gasteiger partial charge in [-0.1, -0.05) is 0 Å². The van der Waals surface area contributed by atoms with E-state index < -0.39 is 0 Å². The molecule has 80 valence electrons. The Labute approximate surface area is 94.1 Å². The van der Waals surface area contributed by atoms with E-state index in [0.717, 1.165) is 16.9 Å². The Balaban J connectivity index is 2.79. The van der Waals surface area contributed by atoms with Crippen molar-refractivity contribution in [1.82, 2.24) is 14.5 Å². The molecule has 0 saturated carbocycles. The van der Waals surface area contributed by atoms with Crippen molar-refractivity contribution in [3.8, 4) is 0 Å². The largest absolute Gasteiger partial charge is 0.320 e. The lowest BCUT2D eigenvalue weighted by Gasteiger charge is -2.23. The van der Waals surface area contributed by atoms with Crippen LogP contribution in [-0.4, -0.2) is 14.5 Å². The Kier molecular flexibility index (Phi) is 2.43. The fourth-order valence-electron chi connectivity index (χ4n) is 1.81. The predicted octanol–water partition coefficient (Wildman–Crippen LogP) is 2.93. The van der Waals surface area contributed by atoms with Gasteiger partial charge in [-0.3, -0.25) is 4.98 Å². The molecule has 0 radical (unpaired) electrons. The average Bonchev–Trinajstić information content (AvgIpc) is 2.54. The quantitative estimate of drug-likeness (QED) is 0.696. The zero-order chi connectivity index (χ0) is 11.1. The Morgan fingerprint density at radius 3 is 2.73 bits per heavy atom. The van der Waals surface area contributed by atoms with Crippen molar-refractivity contribution in [1.29, 1.82) is 0 Å². The molecule has 0 spiro atoms. The first kappa shape index (κ1) is 10.4. The highest BCUT2D eigenvalue weighted by atomic mass is 35.5. The maximum Gasteiger partial charge on any atom is 0.125 e.